The summed E-state index contributed by atoms with van der Waals surface area (Å²) in [6.45, 7) is 1.91. The number of rotatable bonds is 8. The Balaban J connectivity index is 1.65. The number of fused-ring (bicyclic) bond motifs is 1. The van der Waals surface area contributed by atoms with Crippen molar-refractivity contribution in [3.8, 4) is 17.0 Å². The van der Waals surface area contributed by atoms with Crippen LogP contribution in [0, 0.1) is 10.1 Å². The van der Waals surface area contributed by atoms with Gasteiger partial charge in [0.1, 0.15) is 29.5 Å². The third-order valence-electron chi connectivity index (χ3n) is 4.99. The second-order valence-corrected chi connectivity index (χ2v) is 8.70. The van der Waals surface area contributed by atoms with Gasteiger partial charge >= 0.3 is 11.9 Å². The molecule has 0 unspecified atom stereocenters. The van der Waals surface area contributed by atoms with E-state index in [2.05, 4.69) is 26.2 Å². The monoisotopic (exact) mass is 572 g/mol. The van der Waals surface area contributed by atoms with Gasteiger partial charge in [0.05, 0.1) is 22.1 Å². The quantitative estimate of drug-likeness (QED) is 0.126. The van der Waals surface area contributed by atoms with Gasteiger partial charge in [0.2, 0.25) is 0 Å². The van der Waals surface area contributed by atoms with Crippen molar-refractivity contribution in [3.63, 3.8) is 0 Å². The van der Waals surface area contributed by atoms with Gasteiger partial charge in [-0.1, -0.05) is 23.7 Å². The predicted octanol–water partition coefficient (Wildman–Crippen LogP) is 5.52. The lowest BCUT2D eigenvalue weighted by atomic mass is 10.1. The second kappa shape index (κ2) is 10.8. The van der Waals surface area contributed by atoms with E-state index in [9.17, 15) is 19.7 Å². The van der Waals surface area contributed by atoms with E-state index in [1.165, 1.54) is 12.1 Å². The number of carbonyl (C=O) groups excluding carboxylic acids is 2. The van der Waals surface area contributed by atoms with Gasteiger partial charge in [-0.25, -0.2) is 9.78 Å². The van der Waals surface area contributed by atoms with Crippen LogP contribution in [0.5, 0.6) is 5.75 Å². The summed E-state index contributed by atoms with van der Waals surface area (Å²) >= 11 is 9.50. The zero-order valence-electron chi connectivity index (χ0n) is 18.7. The smallest absolute Gasteiger partial charge is 0.345 e. The lowest BCUT2D eigenvalue weighted by Gasteiger charge is -2.10. The van der Waals surface area contributed by atoms with Crippen LogP contribution in [0.25, 0.3) is 16.9 Å². The maximum atomic E-state index is 12.7. The number of esters is 2. The number of benzene rings is 2. The number of halogens is 2. The van der Waals surface area contributed by atoms with E-state index < -0.39 is 16.9 Å². The molecule has 0 aliphatic carbocycles. The first kappa shape index (κ1) is 25.1. The molecule has 0 atom stereocenters. The van der Waals surface area contributed by atoms with Crippen molar-refractivity contribution in [2.24, 2.45) is 0 Å². The van der Waals surface area contributed by atoms with Gasteiger partial charge in [0.15, 0.2) is 0 Å². The molecular weight excluding hydrogens is 556 g/mol. The SMILES string of the molecule is CCOC(=O)CNc1c(-c2cccc(OC(=O)c3ccc([N+](=O)[O-])cc3Cl)c2)nc2ccc(Br)cn12. The summed E-state index contributed by atoms with van der Waals surface area (Å²) in [4.78, 5) is 39.6. The number of nitrogens with zero attached hydrogens (tertiary/aromatic N) is 3. The van der Waals surface area contributed by atoms with Crippen LogP contribution in [0.4, 0.5) is 11.5 Å². The molecule has 0 saturated carbocycles. The molecule has 10 nitrogen and oxygen atoms in total. The normalized spacial score (nSPS) is 10.8. The van der Waals surface area contributed by atoms with Gasteiger partial charge in [-0.15, -0.1) is 0 Å². The summed E-state index contributed by atoms with van der Waals surface area (Å²) in [5.41, 5.74) is 1.51. The number of non-ortho nitro benzene ring substituents is 1. The highest BCUT2D eigenvalue weighted by molar-refractivity contribution is 9.10. The van der Waals surface area contributed by atoms with Gasteiger partial charge in [-0.2, -0.15) is 0 Å². The van der Waals surface area contributed by atoms with E-state index in [1.54, 1.807) is 41.8 Å². The van der Waals surface area contributed by atoms with Crippen LogP contribution in [-0.4, -0.2) is 39.4 Å². The maximum Gasteiger partial charge on any atom is 0.345 e. The summed E-state index contributed by atoms with van der Waals surface area (Å²) in [7, 11) is 0. The lowest BCUT2D eigenvalue weighted by molar-refractivity contribution is -0.384. The highest BCUT2D eigenvalue weighted by atomic mass is 79.9. The molecule has 184 valence electrons. The van der Waals surface area contributed by atoms with Crippen molar-refractivity contribution in [3.05, 3.63) is 86.0 Å². The fraction of sp³-hybridized carbons (Fsp3) is 0.125. The summed E-state index contributed by atoms with van der Waals surface area (Å²) in [6, 6.07) is 13.8. The molecule has 36 heavy (non-hydrogen) atoms. The van der Waals surface area contributed by atoms with Crippen LogP contribution < -0.4 is 10.1 Å². The molecule has 0 aliphatic rings. The summed E-state index contributed by atoms with van der Waals surface area (Å²) in [6.07, 6.45) is 1.81. The topological polar surface area (TPSA) is 125 Å². The Morgan fingerprint density at radius 3 is 2.72 bits per heavy atom. The van der Waals surface area contributed by atoms with Crippen molar-refractivity contribution in [2.45, 2.75) is 6.92 Å². The van der Waals surface area contributed by atoms with E-state index in [0.29, 0.717) is 22.7 Å². The fourth-order valence-electron chi connectivity index (χ4n) is 3.41. The highest BCUT2D eigenvalue weighted by Gasteiger charge is 2.19. The van der Waals surface area contributed by atoms with E-state index >= 15 is 0 Å². The zero-order valence-corrected chi connectivity index (χ0v) is 21.1. The fourth-order valence-corrected chi connectivity index (χ4v) is 4.00. The minimum absolute atomic E-state index is 0.0120. The number of pyridine rings is 1. The number of aromatic nitrogens is 2. The van der Waals surface area contributed by atoms with Crippen LogP contribution in [0.2, 0.25) is 5.02 Å². The van der Waals surface area contributed by atoms with Crippen molar-refractivity contribution in [2.75, 3.05) is 18.5 Å². The third kappa shape index (κ3) is 5.47. The highest BCUT2D eigenvalue weighted by Crippen LogP contribution is 2.32. The standard InChI is InChI=1S/C24H18BrClN4O6/c1-2-35-21(31)12-27-23-22(28-20-9-6-15(25)13-29(20)23)14-4-3-5-17(10-14)36-24(32)18-8-7-16(30(33)34)11-19(18)26/h3-11,13,27H,2,12H2,1H3. The second-order valence-electron chi connectivity index (χ2n) is 7.38. The minimum Gasteiger partial charge on any atom is -0.465 e. The number of hydrogen-bond acceptors (Lipinski definition) is 8. The van der Waals surface area contributed by atoms with Crippen LogP contribution in [-0.2, 0) is 9.53 Å². The van der Waals surface area contributed by atoms with Crippen LogP contribution >= 0.6 is 27.5 Å². The molecule has 0 spiro atoms. The number of hydrogen-bond donors (Lipinski definition) is 1. The summed E-state index contributed by atoms with van der Waals surface area (Å²) in [5.74, 6) is -0.439. The minimum atomic E-state index is -0.772. The van der Waals surface area contributed by atoms with Crippen molar-refractivity contribution < 1.29 is 24.0 Å². The van der Waals surface area contributed by atoms with Crippen LogP contribution in [0.3, 0.4) is 0 Å². The summed E-state index contributed by atoms with van der Waals surface area (Å²) in [5, 5.41) is 13.9. The molecule has 2 heterocycles. The first-order valence-corrected chi connectivity index (χ1v) is 11.8. The Labute approximate surface area is 218 Å². The molecule has 0 bridgehead atoms. The zero-order chi connectivity index (χ0) is 25.8. The van der Waals surface area contributed by atoms with E-state index in [4.69, 9.17) is 21.1 Å². The van der Waals surface area contributed by atoms with Gasteiger partial charge < -0.3 is 14.8 Å². The molecule has 0 radical (unpaired) electrons. The number of imidazole rings is 1. The largest absolute Gasteiger partial charge is 0.465 e. The molecule has 4 aromatic rings. The third-order valence-corrected chi connectivity index (χ3v) is 5.77. The predicted molar refractivity (Wildman–Crippen MR) is 137 cm³/mol. The van der Waals surface area contributed by atoms with Crippen LogP contribution in [0.15, 0.2) is 65.3 Å². The first-order valence-electron chi connectivity index (χ1n) is 10.6. The number of anilines is 1. The van der Waals surface area contributed by atoms with E-state index in [0.717, 1.165) is 10.5 Å². The molecule has 12 heteroatoms. The van der Waals surface area contributed by atoms with E-state index in [1.807, 2.05) is 12.1 Å². The summed E-state index contributed by atoms with van der Waals surface area (Å²) < 4.78 is 13.1. The average molecular weight is 574 g/mol. The molecule has 2 aromatic carbocycles. The number of carbonyl (C=O) groups is 2. The number of ether oxygens (including phenoxy) is 2. The van der Waals surface area contributed by atoms with Gasteiger partial charge in [0.25, 0.3) is 5.69 Å². The van der Waals surface area contributed by atoms with E-state index in [-0.39, 0.29) is 35.2 Å². The Morgan fingerprint density at radius 1 is 1.19 bits per heavy atom. The number of nitro benzene ring substituents is 1. The molecular formula is C24H18BrClN4O6. The average Bonchev–Trinajstić information content (AvgIpc) is 3.20. The Morgan fingerprint density at radius 2 is 2.00 bits per heavy atom. The molecule has 4 rings (SSSR count). The number of nitrogens with one attached hydrogen (secondary N) is 1. The van der Waals surface area contributed by atoms with Gasteiger partial charge in [0, 0.05) is 28.4 Å². The van der Waals surface area contributed by atoms with Gasteiger partial charge in [-0.05, 0) is 53.2 Å². The Kier molecular flexibility index (Phi) is 7.51. The first-order chi connectivity index (χ1) is 17.3. The van der Waals surface area contributed by atoms with Crippen LogP contribution in [0.1, 0.15) is 17.3 Å². The molecule has 0 aliphatic heterocycles. The maximum absolute atomic E-state index is 12.7. The van der Waals surface area contributed by atoms with Crippen molar-refractivity contribution in [1.29, 1.82) is 0 Å². The molecule has 0 fully saturated rings. The van der Waals surface area contributed by atoms with Crippen molar-refractivity contribution in [1.82, 2.24) is 9.38 Å². The lowest BCUT2D eigenvalue weighted by Crippen LogP contribution is -2.17. The molecule has 0 saturated heterocycles. The molecule has 0 amide bonds. The van der Waals surface area contributed by atoms with Crippen molar-refractivity contribution >= 4 is 56.6 Å². The molecule has 2 aromatic heterocycles. The Hall–Kier alpha value is -3.96. The Bertz CT molecular complexity index is 1490. The molecule has 1 N–H and O–H groups in total. The number of nitro groups is 1. The van der Waals surface area contributed by atoms with Gasteiger partial charge in [-0.3, -0.25) is 19.3 Å².